The summed E-state index contributed by atoms with van der Waals surface area (Å²) < 4.78 is 11.8. The van der Waals surface area contributed by atoms with Crippen molar-refractivity contribution >= 4 is 11.9 Å². The highest BCUT2D eigenvalue weighted by Crippen LogP contribution is 2.17. The number of carbonyl (C=O) groups excluding carboxylic acids is 2. The second-order valence-electron chi connectivity index (χ2n) is 5.62. The zero-order valence-electron chi connectivity index (χ0n) is 15.1. The van der Waals surface area contributed by atoms with E-state index in [0.29, 0.717) is 0 Å². The van der Waals surface area contributed by atoms with Crippen molar-refractivity contribution in [3.63, 3.8) is 0 Å². The third-order valence-electron chi connectivity index (χ3n) is 3.95. The Labute approximate surface area is 147 Å². The average molecular weight is 345 g/mol. The van der Waals surface area contributed by atoms with Crippen LogP contribution in [0.25, 0.3) is 5.69 Å². The first-order valence-corrected chi connectivity index (χ1v) is 8.04. The Kier molecular flexibility index (Phi) is 5.80. The average Bonchev–Trinajstić information content (AvgIpc) is 3.01. The smallest absolute Gasteiger partial charge is 0.328 e. The number of ether oxygens (including phenoxy) is 2. The maximum Gasteiger partial charge on any atom is 0.328 e. The van der Waals surface area contributed by atoms with Crippen molar-refractivity contribution in [1.29, 1.82) is 0 Å². The van der Waals surface area contributed by atoms with E-state index in [0.717, 1.165) is 17.1 Å². The topological polar surface area (TPSA) is 73.7 Å². The summed E-state index contributed by atoms with van der Waals surface area (Å²) in [7, 11) is 3.16. The Morgan fingerprint density at radius 2 is 1.92 bits per heavy atom. The van der Waals surface area contributed by atoms with Gasteiger partial charge < -0.3 is 14.4 Å². The highest BCUT2D eigenvalue weighted by molar-refractivity contribution is 5.95. The van der Waals surface area contributed by atoms with Crippen molar-refractivity contribution in [2.45, 2.75) is 26.8 Å². The summed E-state index contributed by atoms with van der Waals surface area (Å²) in [6.07, 6.45) is 0. The van der Waals surface area contributed by atoms with Gasteiger partial charge in [-0.3, -0.25) is 4.79 Å². The number of nitrogens with zero attached hydrogens (tertiary/aromatic N) is 3. The summed E-state index contributed by atoms with van der Waals surface area (Å²) in [5.41, 5.74) is 1.90. The van der Waals surface area contributed by atoms with Gasteiger partial charge in [-0.1, -0.05) is 0 Å². The Balaban J connectivity index is 2.23. The number of rotatable bonds is 6. The van der Waals surface area contributed by atoms with Crippen LogP contribution in [0.3, 0.4) is 0 Å². The molecule has 0 aliphatic rings. The van der Waals surface area contributed by atoms with Crippen LogP contribution in [0.1, 0.15) is 30.0 Å². The highest BCUT2D eigenvalue weighted by Gasteiger charge is 2.26. The summed E-state index contributed by atoms with van der Waals surface area (Å²) in [6.45, 7) is 5.49. The first kappa shape index (κ1) is 18.5. The zero-order valence-corrected chi connectivity index (χ0v) is 15.1. The van der Waals surface area contributed by atoms with Gasteiger partial charge in [0.15, 0.2) is 5.69 Å². The summed E-state index contributed by atoms with van der Waals surface area (Å²) in [5.74, 6) is -0.0339. The summed E-state index contributed by atoms with van der Waals surface area (Å²) >= 11 is 0. The van der Waals surface area contributed by atoms with E-state index in [1.54, 1.807) is 38.8 Å². The summed E-state index contributed by atoms with van der Waals surface area (Å²) in [5, 5.41) is 4.38. The molecule has 2 aromatic rings. The molecule has 7 heteroatoms. The van der Waals surface area contributed by atoms with Crippen LogP contribution in [0.15, 0.2) is 30.3 Å². The molecular weight excluding hydrogens is 322 g/mol. The van der Waals surface area contributed by atoms with E-state index in [1.807, 2.05) is 31.2 Å². The number of likely N-dealkylation sites (N-methyl/N-ethyl adjacent to an activating group) is 1. The minimum absolute atomic E-state index is 0.270. The third-order valence-corrected chi connectivity index (χ3v) is 3.95. The van der Waals surface area contributed by atoms with Crippen LogP contribution in [-0.4, -0.2) is 53.4 Å². The maximum atomic E-state index is 12.6. The lowest BCUT2D eigenvalue weighted by atomic mass is 10.2. The second kappa shape index (κ2) is 7.83. The summed E-state index contributed by atoms with van der Waals surface area (Å²) in [4.78, 5) is 25.8. The van der Waals surface area contributed by atoms with Gasteiger partial charge in [-0.05, 0) is 51.1 Å². The molecule has 1 amide bonds. The van der Waals surface area contributed by atoms with Gasteiger partial charge in [0.1, 0.15) is 11.8 Å². The molecule has 134 valence electrons. The quantitative estimate of drug-likeness (QED) is 0.751. The molecule has 2 rings (SSSR count). The van der Waals surface area contributed by atoms with Crippen LogP contribution < -0.4 is 4.74 Å². The lowest BCUT2D eigenvalue weighted by molar-refractivity contribution is -0.147. The van der Waals surface area contributed by atoms with Crippen LogP contribution >= 0.6 is 0 Å². The normalized spacial score (nSPS) is 11.7. The van der Waals surface area contributed by atoms with E-state index < -0.39 is 12.0 Å². The van der Waals surface area contributed by atoms with E-state index in [2.05, 4.69) is 5.10 Å². The van der Waals surface area contributed by atoms with Gasteiger partial charge in [-0.15, -0.1) is 0 Å². The minimum atomic E-state index is -0.682. The van der Waals surface area contributed by atoms with Crippen molar-refractivity contribution in [2.75, 3.05) is 20.8 Å². The monoisotopic (exact) mass is 345 g/mol. The Bertz CT molecular complexity index is 752. The number of hydrogen-bond donors (Lipinski definition) is 0. The molecule has 0 radical (unpaired) electrons. The first-order valence-electron chi connectivity index (χ1n) is 8.04. The third kappa shape index (κ3) is 3.99. The number of esters is 1. The molecule has 0 saturated heterocycles. The fourth-order valence-corrected chi connectivity index (χ4v) is 2.34. The molecule has 0 fully saturated rings. The van der Waals surface area contributed by atoms with E-state index >= 15 is 0 Å². The summed E-state index contributed by atoms with van der Waals surface area (Å²) in [6, 6.07) is 8.38. The lowest BCUT2D eigenvalue weighted by Gasteiger charge is -2.22. The minimum Gasteiger partial charge on any atom is -0.497 e. The van der Waals surface area contributed by atoms with Gasteiger partial charge in [0.05, 0.1) is 19.4 Å². The lowest BCUT2D eigenvalue weighted by Crippen LogP contribution is -2.41. The van der Waals surface area contributed by atoms with Crippen molar-refractivity contribution in [1.82, 2.24) is 14.7 Å². The fourth-order valence-electron chi connectivity index (χ4n) is 2.34. The number of hydrogen-bond acceptors (Lipinski definition) is 5. The van der Waals surface area contributed by atoms with E-state index in [9.17, 15) is 9.59 Å². The molecule has 1 atom stereocenters. The van der Waals surface area contributed by atoms with Crippen LogP contribution in [-0.2, 0) is 9.53 Å². The first-order chi connectivity index (χ1) is 11.9. The Hall–Kier alpha value is -2.83. The molecule has 1 heterocycles. The van der Waals surface area contributed by atoms with Gasteiger partial charge in [-0.2, -0.15) is 5.10 Å². The van der Waals surface area contributed by atoms with Crippen LogP contribution in [0.5, 0.6) is 5.75 Å². The molecule has 1 unspecified atom stereocenters. The van der Waals surface area contributed by atoms with Gasteiger partial charge >= 0.3 is 5.97 Å². The van der Waals surface area contributed by atoms with Gasteiger partial charge in [-0.25, -0.2) is 9.48 Å². The molecule has 25 heavy (non-hydrogen) atoms. The van der Waals surface area contributed by atoms with Gasteiger partial charge in [0.25, 0.3) is 5.91 Å². The maximum absolute atomic E-state index is 12.6. The molecule has 1 aromatic heterocycles. The SMILES string of the molecule is CCOC(=O)C(C)N(C)C(=O)c1cc(C)n(-c2ccc(OC)cc2)n1. The van der Waals surface area contributed by atoms with Crippen LogP contribution in [0.4, 0.5) is 0 Å². The molecule has 0 bridgehead atoms. The molecule has 0 aliphatic heterocycles. The van der Waals surface area contributed by atoms with E-state index in [-0.39, 0.29) is 18.2 Å². The zero-order chi connectivity index (χ0) is 18.6. The van der Waals surface area contributed by atoms with Crippen molar-refractivity contribution in [2.24, 2.45) is 0 Å². The van der Waals surface area contributed by atoms with Crippen molar-refractivity contribution < 1.29 is 19.1 Å². The standard InChI is InChI=1S/C18H23N3O4/c1-6-25-18(23)13(3)20(4)17(22)16-11-12(2)21(19-16)14-7-9-15(24-5)10-8-14/h7-11,13H,6H2,1-5H3. The number of aromatic nitrogens is 2. The molecule has 0 aliphatic carbocycles. The Morgan fingerprint density at radius 3 is 2.48 bits per heavy atom. The number of amides is 1. The molecule has 7 nitrogen and oxygen atoms in total. The highest BCUT2D eigenvalue weighted by atomic mass is 16.5. The van der Waals surface area contributed by atoms with Gasteiger partial charge in [0.2, 0.25) is 0 Å². The van der Waals surface area contributed by atoms with Crippen molar-refractivity contribution in [3.8, 4) is 11.4 Å². The largest absolute Gasteiger partial charge is 0.497 e. The second-order valence-corrected chi connectivity index (χ2v) is 5.62. The van der Waals surface area contributed by atoms with Gasteiger partial charge in [0, 0.05) is 12.7 Å². The molecule has 0 saturated carbocycles. The number of carbonyl (C=O) groups is 2. The van der Waals surface area contributed by atoms with E-state index in [1.165, 1.54) is 4.90 Å². The predicted octanol–water partition coefficient (Wildman–Crippen LogP) is 2.21. The number of aryl methyl sites for hydroxylation is 1. The van der Waals surface area contributed by atoms with Crippen LogP contribution in [0, 0.1) is 6.92 Å². The predicted molar refractivity (Wildman–Crippen MR) is 93.0 cm³/mol. The van der Waals surface area contributed by atoms with Crippen molar-refractivity contribution in [3.05, 3.63) is 41.7 Å². The van der Waals surface area contributed by atoms with Crippen LogP contribution in [0.2, 0.25) is 0 Å². The molecule has 0 N–H and O–H groups in total. The van der Waals surface area contributed by atoms with E-state index in [4.69, 9.17) is 9.47 Å². The Morgan fingerprint density at radius 1 is 1.28 bits per heavy atom. The molecule has 1 aromatic carbocycles. The molecule has 0 spiro atoms. The number of benzene rings is 1. The fraction of sp³-hybridized carbons (Fsp3) is 0.389. The number of methoxy groups -OCH3 is 1. The molecular formula is C18H23N3O4.